The number of hydrogen-bond donors (Lipinski definition) is 1. The molecule has 0 aromatic rings. The molecule has 0 spiro atoms. The van der Waals surface area contributed by atoms with Crippen LogP contribution in [0.4, 0.5) is 4.39 Å². The van der Waals surface area contributed by atoms with Crippen molar-refractivity contribution in [3.05, 3.63) is 0 Å². The van der Waals surface area contributed by atoms with Crippen LogP contribution in [0.15, 0.2) is 0 Å². The van der Waals surface area contributed by atoms with Crippen molar-refractivity contribution in [2.75, 3.05) is 12.9 Å². The highest BCUT2D eigenvalue weighted by Crippen LogP contribution is 2.60. The summed E-state index contributed by atoms with van der Waals surface area (Å²) in [7, 11) is 1.33. The number of ether oxygens (including phenoxy) is 2. The van der Waals surface area contributed by atoms with E-state index in [0.29, 0.717) is 25.0 Å². The molecule has 0 aromatic carbocycles. The summed E-state index contributed by atoms with van der Waals surface area (Å²) >= 11 is 1.32. The maximum Gasteiger partial charge on any atom is 0.313 e. The van der Waals surface area contributed by atoms with Crippen molar-refractivity contribution in [1.82, 2.24) is 0 Å². The zero-order valence-corrected chi connectivity index (χ0v) is 14.2. The molecule has 1 saturated heterocycles. The van der Waals surface area contributed by atoms with Gasteiger partial charge in [0, 0.05) is 6.42 Å². The molecular weight excluding hydrogens is 323 g/mol. The van der Waals surface area contributed by atoms with Crippen LogP contribution in [0.3, 0.4) is 0 Å². The molecule has 1 heterocycles. The second kappa shape index (κ2) is 5.92. The molecule has 6 atom stereocenters. The van der Waals surface area contributed by atoms with Gasteiger partial charge in [-0.25, -0.2) is 4.39 Å². The normalized spacial score (nSPS) is 44.8. The minimum absolute atomic E-state index is 0.217. The van der Waals surface area contributed by atoms with Crippen LogP contribution in [-0.2, 0) is 19.1 Å². The molecule has 23 heavy (non-hydrogen) atoms. The van der Waals surface area contributed by atoms with Crippen molar-refractivity contribution in [3.8, 4) is 0 Å². The van der Waals surface area contributed by atoms with E-state index >= 15 is 4.39 Å². The van der Waals surface area contributed by atoms with E-state index in [1.54, 1.807) is 0 Å². The predicted molar refractivity (Wildman–Crippen MR) is 82.7 cm³/mol. The summed E-state index contributed by atoms with van der Waals surface area (Å²) in [5, 5.41) is 10.4. The molecule has 7 heteroatoms. The Morgan fingerprint density at radius 1 is 1.52 bits per heavy atom. The Bertz CT molecular complexity index is 511. The molecule has 3 rings (SSSR count). The molecule has 2 aliphatic carbocycles. The van der Waals surface area contributed by atoms with Gasteiger partial charge in [-0.15, -0.1) is 0 Å². The van der Waals surface area contributed by atoms with Crippen LogP contribution >= 0.6 is 11.8 Å². The van der Waals surface area contributed by atoms with E-state index in [-0.39, 0.29) is 24.7 Å². The Morgan fingerprint density at radius 3 is 2.96 bits per heavy atom. The fourth-order valence-electron chi connectivity index (χ4n) is 4.46. The molecule has 130 valence electrons. The van der Waals surface area contributed by atoms with Crippen LogP contribution < -0.4 is 0 Å². The Balaban J connectivity index is 1.72. The summed E-state index contributed by atoms with van der Waals surface area (Å²) in [6.45, 7) is 1.52. The van der Waals surface area contributed by atoms with Crippen molar-refractivity contribution < 1.29 is 28.6 Å². The lowest BCUT2D eigenvalue weighted by Crippen LogP contribution is -2.60. The number of thioether (sulfide) groups is 1. The van der Waals surface area contributed by atoms with E-state index in [1.807, 2.05) is 0 Å². The smallest absolute Gasteiger partial charge is 0.313 e. The van der Waals surface area contributed by atoms with E-state index in [0.717, 1.165) is 0 Å². The van der Waals surface area contributed by atoms with Gasteiger partial charge in [0.1, 0.15) is 23.3 Å². The van der Waals surface area contributed by atoms with E-state index in [1.165, 1.54) is 25.8 Å². The summed E-state index contributed by atoms with van der Waals surface area (Å²) in [5.74, 6) is -1.27. The maximum absolute atomic E-state index is 15.2. The summed E-state index contributed by atoms with van der Waals surface area (Å²) < 4.78 is 25.1. The van der Waals surface area contributed by atoms with Crippen LogP contribution in [0.25, 0.3) is 0 Å². The first kappa shape index (κ1) is 17.0. The molecule has 1 aliphatic heterocycles. The van der Waals surface area contributed by atoms with Crippen LogP contribution in [-0.4, -0.2) is 52.5 Å². The van der Waals surface area contributed by atoms with Crippen molar-refractivity contribution in [2.45, 2.75) is 61.7 Å². The third-order valence-electron chi connectivity index (χ3n) is 5.55. The number of hydrogen-bond acceptors (Lipinski definition) is 6. The molecule has 5 nitrogen and oxygen atoms in total. The lowest BCUT2D eigenvalue weighted by Gasteiger charge is -2.47. The van der Waals surface area contributed by atoms with Crippen molar-refractivity contribution in [2.24, 2.45) is 11.8 Å². The summed E-state index contributed by atoms with van der Waals surface area (Å²) in [5.41, 5.74) is -2.75. The van der Waals surface area contributed by atoms with Crippen LogP contribution in [0.2, 0.25) is 0 Å². The minimum Gasteiger partial charge on any atom is -0.469 e. The molecule has 0 amide bonds. The Kier molecular flexibility index (Phi) is 4.38. The van der Waals surface area contributed by atoms with Gasteiger partial charge in [-0.2, -0.15) is 11.8 Å². The van der Waals surface area contributed by atoms with Gasteiger partial charge in [0.25, 0.3) is 0 Å². The Labute approximate surface area is 139 Å². The molecule has 1 N–H and O–H groups in total. The van der Waals surface area contributed by atoms with Crippen LogP contribution in [0.1, 0.15) is 39.0 Å². The molecule has 0 radical (unpaired) electrons. The maximum atomic E-state index is 15.2. The minimum atomic E-state index is -1.53. The van der Waals surface area contributed by atoms with E-state index in [4.69, 9.17) is 4.74 Å². The second-order valence-corrected chi connectivity index (χ2v) is 8.27. The lowest BCUT2D eigenvalue weighted by atomic mass is 9.65. The molecular formula is C16H23FO5S. The van der Waals surface area contributed by atoms with Gasteiger partial charge in [-0.05, 0) is 44.3 Å². The van der Waals surface area contributed by atoms with Gasteiger partial charge in [-0.3, -0.25) is 9.59 Å². The number of methoxy groups -OCH3 is 1. The van der Waals surface area contributed by atoms with Gasteiger partial charge < -0.3 is 14.6 Å². The number of rotatable bonds is 5. The van der Waals surface area contributed by atoms with E-state index < -0.39 is 34.5 Å². The first-order valence-corrected chi connectivity index (χ1v) is 9.15. The second-order valence-electron chi connectivity index (χ2n) is 7.02. The molecule has 0 bridgehead atoms. The number of aliphatic hydroxyl groups is 1. The first-order chi connectivity index (χ1) is 10.8. The number of halogens is 1. The zero-order valence-electron chi connectivity index (χ0n) is 13.4. The Morgan fingerprint density at radius 2 is 2.26 bits per heavy atom. The highest BCUT2D eigenvalue weighted by molar-refractivity contribution is 8.00. The standard InChI is InChI=1S/C16H23FO5S/c1-15(17)8-9-5-6-10-16(9,20)12(14(19)22-10)13(15)23-7-3-4-11(18)21-2/h9-10,12-13,20H,3-8H2,1-2H3/t9-,10-,12?,13+,15+,16-/m1/s1. The number of esters is 2. The fourth-order valence-corrected chi connectivity index (χ4v) is 5.99. The first-order valence-electron chi connectivity index (χ1n) is 8.11. The third kappa shape index (κ3) is 2.65. The molecule has 1 unspecified atom stereocenters. The van der Waals surface area contributed by atoms with Crippen molar-refractivity contribution >= 4 is 23.7 Å². The fraction of sp³-hybridized carbons (Fsp3) is 0.875. The van der Waals surface area contributed by atoms with Crippen LogP contribution in [0.5, 0.6) is 0 Å². The van der Waals surface area contributed by atoms with E-state index in [9.17, 15) is 14.7 Å². The molecule has 3 fully saturated rings. The quantitative estimate of drug-likeness (QED) is 0.605. The van der Waals surface area contributed by atoms with Gasteiger partial charge in [0.15, 0.2) is 0 Å². The molecule has 0 aromatic heterocycles. The van der Waals surface area contributed by atoms with Crippen molar-refractivity contribution in [3.63, 3.8) is 0 Å². The van der Waals surface area contributed by atoms with Crippen molar-refractivity contribution in [1.29, 1.82) is 0 Å². The highest BCUT2D eigenvalue weighted by Gasteiger charge is 2.71. The van der Waals surface area contributed by atoms with E-state index in [2.05, 4.69) is 4.74 Å². The molecule has 3 aliphatic rings. The summed E-state index contributed by atoms with van der Waals surface area (Å²) in [4.78, 5) is 23.4. The number of alkyl halides is 1. The number of carbonyl (C=O) groups is 2. The zero-order chi connectivity index (χ0) is 16.8. The average Bonchev–Trinajstić information content (AvgIpc) is 2.92. The Hall–Kier alpha value is -0.820. The largest absolute Gasteiger partial charge is 0.469 e. The monoisotopic (exact) mass is 346 g/mol. The van der Waals surface area contributed by atoms with Gasteiger partial charge in [0.2, 0.25) is 0 Å². The summed E-state index contributed by atoms with van der Waals surface area (Å²) in [6, 6.07) is 0. The predicted octanol–water partition coefficient (Wildman–Crippen LogP) is 1.86. The lowest BCUT2D eigenvalue weighted by molar-refractivity contribution is -0.146. The van der Waals surface area contributed by atoms with Gasteiger partial charge >= 0.3 is 11.9 Å². The number of carbonyl (C=O) groups excluding carboxylic acids is 2. The summed E-state index contributed by atoms with van der Waals surface area (Å²) in [6.07, 6.45) is 1.89. The topological polar surface area (TPSA) is 72.8 Å². The molecule has 2 saturated carbocycles. The van der Waals surface area contributed by atoms with Crippen LogP contribution in [0, 0.1) is 11.8 Å². The van der Waals surface area contributed by atoms with Gasteiger partial charge in [-0.1, -0.05) is 0 Å². The average molecular weight is 346 g/mol. The van der Waals surface area contributed by atoms with Gasteiger partial charge in [0.05, 0.1) is 12.4 Å². The SMILES string of the molecule is COC(=O)CCCS[C@H]1C2C(=O)O[C@@H]3CC[C@H](C[C@]1(C)F)[C@]23O. The highest BCUT2D eigenvalue weighted by atomic mass is 32.2. The third-order valence-corrected chi connectivity index (χ3v) is 7.20.